The third-order valence-electron chi connectivity index (χ3n) is 7.82. The lowest BCUT2D eigenvalue weighted by Gasteiger charge is -2.49. The van der Waals surface area contributed by atoms with E-state index in [1.807, 2.05) is 17.9 Å². The molecule has 2 amide bonds. The van der Waals surface area contributed by atoms with E-state index in [1.54, 1.807) is 11.3 Å². The SMILES string of the molecule is C[C@@H]1CCCC[C@@H]1NC(=O)[C@@]1(C)Cn2c(cc3sccc32)C(=O)N1C1CCCCC1. The molecule has 1 aliphatic heterocycles. The van der Waals surface area contributed by atoms with Gasteiger partial charge >= 0.3 is 0 Å². The van der Waals surface area contributed by atoms with Crippen molar-refractivity contribution in [1.29, 1.82) is 0 Å². The highest BCUT2D eigenvalue weighted by Gasteiger charge is 2.51. The first kappa shape index (κ1) is 20.1. The van der Waals surface area contributed by atoms with Crippen molar-refractivity contribution >= 4 is 33.4 Å². The standard InChI is InChI=1S/C24H33N3O2S/c1-16-8-6-7-11-18(16)25-23(29)24(2)15-26-19-12-13-30-21(19)14-20(26)22(28)27(24)17-9-4-3-5-10-17/h12-14,16-18H,3-11,15H2,1-2H3,(H,25,29)/t16-,18+,24-/m1/s1. The third-order valence-corrected chi connectivity index (χ3v) is 8.67. The van der Waals surface area contributed by atoms with Crippen LogP contribution in [0.3, 0.4) is 0 Å². The number of nitrogens with one attached hydrogen (secondary N) is 1. The Bertz CT molecular complexity index is 957. The van der Waals surface area contributed by atoms with Crippen molar-refractivity contribution in [1.82, 2.24) is 14.8 Å². The number of amides is 2. The summed E-state index contributed by atoms with van der Waals surface area (Å²) in [6, 6.07) is 4.49. The molecule has 0 unspecified atom stereocenters. The number of hydrogen-bond acceptors (Lipinski definition) is 3. The van der Waals surface area contributed by atoms with Crippen LogP contribution < -0.4 is 5.32 Å². The Balaban J connectivity index is 1.53. The van der Waals surface area contributed by atoms with Crippen molar-refractivity contribution in [2.75, 3.05) is 0 Å². The van der Waals surface area contributed by atoms with Crippen molar-refractivity contribution in [2.45, 2.75) is 95.8 Å². The predicted molar refractivity (Wildman–Crippen MR) is 121 cm³/mol. The van der Waals surface area contributed by atoms with Gasteiger partial charge in [0.05, 0.1) is 16.8 Å². The summed E-state index contributed by atoms with van der Waals surface area (Å²) >= 11 is 1.66. The molecule has 162 valence electrons. The molecular formula is C24H33N3O2S. The topological polar surface area (TPSA) is 54.3 Å². The van der Waals surface area contributed by atoms with E-state index >= 15 is 0 Å². The molecule has 0 spiro atoms. The summed E-state index contributed by atoms with van der Waals surface area (Å²) in [6.45, 7) is 4.79. The highest BCUT2D eigenvalue weighted by molar-refractivity contribution is 7.17. The first-order valence-electron chi connectivity index (χ1n) is 11.7. The summed E-state index contributed by atoms with van der Waals surface area (Å²) in [5.41, 5.74) is 0.979. The summed E-state index contributed by atoms with van der Waals surface area (Å²) in [7, 11) is 0. The van der Waals surface area contributed by atoms with Gasteiger partial charge < -0.3 is 14.8 Å². The molecular weight excluding hydrogens is 394 g/mol. The van der Waals surface area contributed by atoms with Gasteiger partial charge in [-0.05, 0) is 56.0 Å². The summed E-state index contributed by atoms with van der Waals surface area (Å²) in [5, 5.41) is 5.46. The average molecular weight is 428 g/mol. The molecule has 30 heavy (non-hydrogen) atoms. The molecule has 2 fully saturated rings. The third kappa shape index (κ3) is 3.19. The van der Waals surface area contributed by atoms with Crippen LogP contribution >= 0.6 is 11.3 Å². The smallest absolute Gasteiger partial charge is 0.271 e. The van der Waals surface area contributed by atoms with E-state index in [0.717, 1.165) is 48.0 Å². The lowest BCUT2D eigenvalue weighted by Crippen LogP contribution is -2.67. The molecule has 0 saturated heterocycles. The van der Waals surface area contributed by atoms with Gasteiger partial charge in [-0.2, -0.15) is 0 Å². The van der Waals surface area contributed by atoms with E-state index in [-0.39, 0.29) is 23.9 Å². The number of carbonyl (C=O) groups excluding carboxylic acids is 2. The zero-order chi connectivity index (χ0) is 20.9. The van der Waals surface area contributed by atoms with Crippen LogP contribution in [0, 0.1) is 5.92 Å². The summed E-state index contributed by atoms with van der Waals surface area (Å²) in [5.74, 6) is 0.563. The molecule has 6 heteroatoms. The molecule has 3 heterocycles. The van der Waals surface area contributed by atoms with Gasteiger partial charge in [-0.15, -0.1) is 11.3 Å². The fourth-order valence-electron chi connectivity index (χ4n) is 6.00. The second kappa shape index (κ2) is 7.70. The molecule has 0 radical (unpaired) electrons. The van der Waals surface area contributed by atoms with Crippen LogP contribution in [0.2, 0.25) is 0 Å². The number of rotatable bonds is 3. The number of fused-ring (bicyclic) bond motifs is 3. The number of aromatic nitrogens is 1. The van der Waals surface area contributed by atoms with Gasteiger partial charge in [-0.1, -0.05) is 39.0 Å². The van der Waals surface area contributed by atoms with Gasteiger partial charge in [0.1, 0.15) is 11.2 Å². The van der Waals surface area contributed by atoms with Crippen LogP contribution in [0.5, 0.6) is 0 Å². The van der Waals surface area contributed by atoms with Crippen LogP contribution in [0.15, 0.2) is 17.5 Å². The van der Waals surface area contributed by atoms with Gasteiger partial charge in [0.15, 0.2) is 0 Å². The average Bonchev–Trinajstić information content (AvgIpc) is 3.33. The van der Waals surface area contributed by atoms with Crippen molar-refractivity contribution < 1.29 is 9.59 Å². The molecule has 3 aliphatic rings. The Morgan fingerprint density at radius 1 is 1.13 bits per heavy atom. The van der Waals surface area contributed by atoms with Crippen molar-refractivity contribution in [2.24, 2.45) is 5.92 Å². The van der Waals surface area contributed by atoms with Gasteiger partial charge in [0, 0.05) is 12.1 Å². The molecule has 2 aliphatic carbocycles. The van der Waals surface area contributed by atoms with Crippen LogP contribution in [0.4, 0.5) is 0 Å². The Morgan fingerprint density at radius 2 is 1.87 bits per heavy atom. The maximum atomic E-state index is 13.8. The number of nitrogens with zero attached hydrogens (tertiary/aromatic N) is 2. The summed E-state index contributed by atoms with van der Waals surface area (Å²) in [4.78, 5) is 29.6. The minimum Gasteiger partial charge on any atom is -0.351 e. The van der Waals surface area contributed by atoms with Crippen molar-refractivity contribution in [3.05, 3.63) is 23.2 Å². The monoisotopic (exact) mass is 427 g/mol. The molecule has 2 saturated carbocycles. The lowest BCUT2D eigenvalue weighted by molar-refractivity contribution is -0.136. The first-order chi connectivity index (χ1) is 14.5. The fraction of sp³-hybridized carbons (Fsp3) is 0.667. The quantitative estimate of drug-likeness (QED) is 0.754. The summed E-state index contributed by atoms with van der Waals surface area (Å²) < 4.78 is 3.23. The highest BCUT2D eigenvalue weighted by atomic mass is 32.1. The Kier molecular flexibility index (Phi) is 5.16. The van der Waals surface area contributed by atoms with Gasteiger partial charge in [0.25, 0.3) is 5.91 Å². The van der Waals surface area contributed by atoms with E-state index in [0.29, 0.717) is 12.5 Å². The molecule has 2 aromatic heterocycles. The van der Waals surface area contributed by atoms with Gasteiger partial charge in [-0.25, -0.2) is 0 Å². The maximum Gasteiger partial charge on any atom is 0.271 e. The second-order valence-corrected chi connectivity index (χ2v) is 10.8. The molecule has 1 N–H and O–H groups in total. The number of carbonyl (C=O) groups is 2. The Morgan fingerprint density at radius 3 is 2.63 bits per heavy atom. The molecule has 0 aromatic carbocycles. The van der Waals surface area contributed by atoms with E-state index in [1.165, 1.54) is 25.7 Å². The lowest BCUT2D eigenvalue weighted by atomic mass is 9.83. The molecule has 0 bridgehead atoms. The predicted octanol–water partition coefficient (Wildman–Crippen LogP) is 4.94. The maximum absolute atomic E-state index is 13.8. The van der Waals surface area contributed by atoms with Crippen LogP contribution in [-0.2, 0) is 11.3 Å². The van der Waals surface area contributed by atoms with E-state index in [9.17, 15) is 9.59 Å². The molecule has 5 rings (SSSR count). The molecule has 5 nitrogen and oxygen atoms in total. The zero-order valence-corrected chi connectivity index (χ0v) is 19.0. The van der Waals surface area contributed by atoms with E-state index in [4.69, 9.17) is 0 Å². The second-order valence-electron chi connectivity index (χ2n) is 9.87. The minimum atomic E-state index is -0.850. The van der Waals surface area contributed by atoms with Crippen LogP contribution in [0.25, 0.3) is 10.2 Å². The van der Waals surface area contributed by atoms with E-state index in [2.05, 4.69) is 28.3 Å². The first-order valence-corrected chi connectivity index (χ1v) is 12.6. The molecule has 3 atom stereocenters. The normalized spacial score (nSPS) is 30.5. The Labute approximate surface area is 182 Å². The van der Waals surface area contributed by atoms with E-state index < -0.39 is 5.54 Å². The van der Waals surface area contributed by atoms with Gasteiger partial charge in [0.2, 0.25) is 5.91 Å². The van der Waals surface area contributed by atoms with Crippen molar-refractivity contribution in [3.63, 3.8) is 0 Å². The van der Waals surface area contributed by atoms with Gasteiger partial charge in [-0.3, -0.25) is 9.59 Å². The number of hydrogen-bond donors (Lipinski definition) is 1. The minimum absolute atomic E-state index is 0.0305. The summed E-state index contributed by atoms with van der Waals surface area (Å²) in [6.07, 6.45) is 10.2. The van der Waals surface area contributed by atoms with Crippen molar-refractivity contribution in [3.8, 4) is 0 Å². The molecule has 2 aromatic rings. The van der Waals surface area contributed by atoms with Crippen LogP contribution in [-0.4, -0.2) is 38.9 Å². The zero-order valence-electron chi connectivity index (χ0n) is 18.2. The fourth-order valence-corrected chi connectivity index (χ4v) is 6.82. The number of thiophene rings is 1. The van der Waals surface area contributed by atoms with Crippen LogP contribution in [0.1, 0.15) is 82.1 Å². The largest absolute Gasteiger partial charge is 0.351 e. The Hall–Kier alpha value is -1.82. The highest BCUT2D eigenvalue weighted by Crippen LogP contribution is 2.38.